The molecule has 0 spiro atoms. The summed E-state index contributed by atoms with van der Waals surface area (Å²) in [5.41, 5.74) is 1.00. The lowest BCUT2D eigenvalue weighted by atomic mass is 10.0. The quantitative estimate of drug-likeness (QED) is 0.583. The van der Waals surface area contributed by atoms with Gasteiger partial charge in [-0.1, -0.05) is 25.1 Å². The van der Waals surface area contributed by atoms with Crippen LogP contribution in [-0.4, -0.2) is 11.6 Å². The van der Waals surface area contributed by atoms with Crippen LogP contribution in [0, 0.1) is 0 Å². The van der Waals surface area contributed by atoms with E-state index in [9.17, 15) is 9.59 Å². The monoisotopic (exact) mass is 216 g/mol. The third-order valence-corrected chi connectivity index (χ3v) is 2.46. The molecule has 3 nitrogen and oxygen atoms in total. The van der Waals surface area contributed by atoms with E-state index in [0.29, 0.717) is 29.4 Å². The van der Waals surface area contributed by atoms with Crippen molar-refractivity contribution in [1.29, 1.82) is 0 Å². The number of benzene rings is 1. The molecule has 0 radical (unpaired) electrons. The average Bonchev–Trinajstić information content (AvgIpc) is 2.72. The van der Waals surface area contributed by atoms with Gasteiger partial charge in [0, 0.05) is 11.8 Å². The summed E-state index contributed by atoms with van der Waals surface area (Å²) in [5, 5.41) is 0.706. The van der Waals surface area contributed by atoms with Gasteiger partial charge in [0.2, 0.25) is 11.6 Å². The number of hydrogen-bond donors (Lipinski definition) is 0. The van der Waals surface area contributed by atoms with Crippen LogP contribution >= 0.6 is 0 Å². The Morgan fingerprint density at radius 3 is 2.75 bits per heavy atom. The van der Waals surface area contributed by atoms with Crippen molar-refractivity contribution in [3.63, 3.8) is 0 Å². The highest BCUT2D eigenvalue weighted by Gasteiger charge is 2.19. The second kappa shape index (κ2) is 4.31. The molecule has 1 heterocycles. The van der Waals surface area contributed by atoms with Crippen molar-refractivity contribution in [1.82, 2.24) is 0 Å². The average molecular weight is 216 g/mol. The fraction of sp³-hybridized carbons (Fsp3) is 0.231. The van der Waals surface area contributed by atoms with E-state index in [-0.39, 0.29) is 5.78 Å². The molecule has 0 saturated heterocycles. The number of furan rings is 1. The van der Waals surface area contributed by atoms with Gasteiger partial charge in [0.05, 0.1) is 5.56 Å². The summed E-state index contributed by atoms with van der Waals surface area (Å²) < 4.78 is 5.23. The molecular weight excluding hydrogens is 204 g/mol. The van der Waals surface area contributed by atoms with Gasteiger partial charge in [-0.3, -0.25) is 9.59 Å². The van der Waals surface area contributed by atoms with Crippen LogP contribution < -0.4 is 0 Å². The predicted octanol–water partition coefficient (Wildman–Crippen LogP) is 2.98. The fourth-order valence-corrected chi connectivity index (χ4v) is 1.64. The Labute approximate surface area is 93.1 Å². The molecule has 1 aromatic heterocycles. The number of fused-ring (bicyclic) bond motifs is 1. The van der Waals surface area contributed by atoms with Gasteiger partial charge in [0.1, 0.15) is 11.8 Å². The van der Waals surface area contributed by atoms with E-state index >= 15 is 0 Å². The summed E-state index contributed by atoms with van der Waals surface area (Å²) in [6.07, 6.45) is 2.33. The van der Waals surface area contributed by atoms with Crippen LogP contribution in [0.25, 0.3) is 11.0 Å². The van der Waals surface area contributed by atoms with Crippen LogP contribution in [0.1, 0.15) is 30.1 Å². The van der Waals surface area contributed by atoms with Crippen molar-refractivity contribution in [2.45, 2.75) is 19.8 Å². The van der Waals surface area contributed by atoms with Gasteiger partial charge < -0.3 is 4.42 Å². The number of ketones is 2. The van der Waals surface area contributed by atoms with E-state index in [1.807, 2.05) is 19.1 Å². The van der Waals surface area contributed by atoms with Gasteiger partial charge in [-0.2, -0.15) is 0 Å². The van der Waals surface area contributed by atoms with Crippen molar-refractivity contribution < 1.29 is 14.0 Å². The Balaban J connectivity index is 2.40. The van der Waals surface area contributed by atoms with Crippen LogP contribution in [0.15, 0.2) is 34.9 Å². The van der Waals surface area contributed by atoms with Crippen molar-refractivity contribution in [2.75, 3.05) is 0 Å². The zero-order chi connectivity index (χ0) is 11.5. The van der Waals surface area contributed by atoms with Crippen molar-refractivity contribution in [2.24, 2.45) is 0 Å². The topological polar surface area (TPSA) is 47.3 Å². The maximum absolute atomic E-state index is 11.8. The third-order valence-electron chi connectivity index (χ3n) is 2.46. The SMILES string of the molecule is CCCC(=O)C(=O)c1coc2ccccc12. The number of carbonyl (C=O) groups excluding carboxylic acids is 2. The first kappa shape index (κ1) is 10.6. The smallest absolute Gasteiger partial charge is 0.232 e. The highest BCUT2D eigenvalue weighted by Crippen LogP contribution is 2.21. The summed E-state index contributed by atoms with van der Waals surface area (Å²) in [5.74, 6) is -0.805. The molecule has 3 heteroatoms. The van der Waals surface area contributed by atoms with Crippen molar-refractivity contribution in [3.8, 4) is 0 Å². The molecule has 0 fully saturated rings. The van der Waals surface area contributed by atoms with E-state index in [2.05, 4.69) is 0 Å². The van der Waals surface area contributed by atoms with Gasteiger partial charge in [-0.25, -0.2) is 0 Å². The van der Waals surface area contributed by atoms with Gasteiger partial charge in [-0.15, -0.1) is 0 Å². The molecule has 0 saturated carbocycles. The minimum Gasteiger partial charge on any atom is -0.464 e. The van der Waals surface area contributed by atoms with Crippen molar-refractivity contribution in [3.05, 3.63) is 36.1 Å². The Hall–Kier alpha value is -1.90. The molecule has 0 unspecified atom stereocenters. The van der Waals surface area contributed by atoms with E-state index < -0.39 is 5.78 Å². The minimum atomic E-state index is -0.452. The normalized spacial score (nSPS) is 10.6. The number of Topliss-reactive ketones (excluding diaryl/α,β-unsaturated/α-hetero) is 2. The number of hydrogen-bond acceptors (Lipinski definition) is 3. The van der Waals surface area contributed by atoms with Crippen LogP contribution in [0.4, 0.5) is 0 Å². The summed E-state index contributed by atoms with van der Waals surface area (Å²) in [6.45, 7) is 1.87. The maximum Gasteiger partial charge on any atom is 0.232 e. The molecule has 0 aliphatic heterocycles. The molecule has 2 rings (SSSR count). The lowest BCUT2D eigenvalue weighted by Gasteiger charge is -1.95. The zero-order valence-electron chi connectivity index (χ0n) is 9.03. The molecule has 0 aliphatic rings. The maximum atomic E-state index is 11.8. The molecule has 0 amide bonds. The molecule has 1 aromatic carbocycles. The predicted molar refractivity (Wildman–Crippen MR) is 60.5 cm³/mol. The van der Waals surface area contributed by atoms with Crippen LogP contribution in [0.5, 0.6) is 0 Å². The van der Waals surface area contributed by atoms with Crippen LogP contribution in [0.2, 0.25) is 0 Å². The van der Waals surface area contributed by atoms with Crippen LogP contribution in [-0.2, 0) is 4.79 Å². The zero-order valence-corrected chi connectivity index (χ0v) is 9.03. The Bertz CT molecular complexity index is 537. The molecule has 0 atom stereocenters. The third kappa shape index (κ3) is 1.76. The lowest BCUT2D eigenvalue weighted by Crippen LogP contribution is -2.12. The minimum absolute atomic E-state index is 0.290. The van der Waals surface area contributed by atoms with E-state index in [4.69, 9.17) is 4.42 Å². The summed E-state index contributed by atoms with van der Waals surface area (Å²) in [6, 6.07) is 7.20. The summed E-state index contributed by atoms with van der Waals surface area (Å²) in [7, 11) is 0. The fourth-order valence-electron chi connectivity index (χ4n) is 1.64. The first-order chi connectivity index (χ1) is 7.74. The van der Waals surface area contributed by atoms with E-state index in [1.165, 1.54) is 6.26 Å². The lowest BCUT2D eigenvalue weighted by molar-refractivity contribution is -0.115. The summed E-state index contributed by atoms with van der Waals surface area (Å²) >= 11 is 0. The largest absolute Gasteiger partial charge is 0.464 e. The molecule has 0 N–H and O–H groups in total. The first-order valence-electron chi connectivity index (χ1n) is 5.27. The second-order valence-electron chi connectivity index (χ2n) is 3.65. The number of rotatable bonds is 4. The molecule has 16 heavy (non-hydrogen) atoms. The molecule has 2 aromatic rings. The Morgan fingerprint density at radius 2 is 2.00 bits per heavy atom. The van der Waals surface area contributed by atoms with Gasteiger partial charge in [0.25, 0.3) is 0 Å². The van der Waals surface area contributed by atoms with Gasteiger partial charge >= 0.3 is 0 Å². The molecule has 0 aliphatic carbocycles. The second-order valence-corrected chi connectivity index (χ2v) is 3.65. The van der Waals surface area contributed by atoms with Gasteiger partial charge in [-0.05, 0) is 12.5 Å². The highest BCUT2D eigenvalue weighted by molar-refractivity contribution is 6.45. The first-order valence-corrected chi connectivity index (χ1v) is 5.27. The Kier molecular flexibility index (Phi) is 2.86. The molecular formula is C13H12O3. The van der Waals surface area contributed by atoms with Gasteiger partial charge in [0.15, 0.2) is 0 Å². The molecule has 0 bridgehead atoms. The molecule has 82 valence electrons. The van der Waals surface area contributed by atoms with E-state index in [0.717, 1.165) is 0 Å². The van der Waals surface area contributed by atoms with E-state index in [1.54, 1.807) is 12.1 Å². The van der Waals surface area contributed by atoms with Crippen molar-refractivity contribution >= 4 is 22.5 Å². The Morgan fingerprint density at radius 1 is 1.25 bits per heavy atom. The standard InChI is InChI=1S/C13H12O3/c1-2-5-11(14)13(15)10-8-16-12-7-4-3-6-9(10)12/h3-4,6-8H,2,5H2,1H3. The highest BCUT2D eigenvalue weighted by atomic mass is 16.3. The van der Waals surface area contributed by atoms with Crippen LogP contribution in [0.3, 0.4) is 0 Å². The summed E-state index contributed by atoms with van der Waals surface area (Å²) in [4.78, 5) is 23.3. The number of carbonyl (C=O) groups is 2. The number of para-hydroxylation sites is 1.